The molecule has 2 aliphatic rings. The summed E-state index contributed by atoms with van der Waals surface area (Å²) in [5, 5.41) is 18.0. The number of nitrogens with one attached hydrogen (secondary N) is 1. The van der Waals surface area contributed by atoms with E-state index in [0.29, 0.717) is 23.6 Å². The second kappa shape index (κ2) is 9.33. The van der Waals surface area contributed by atoms with Gasteiger partial charge >= 0.3 is 0 Å². The number of halogens is 3. The highest BCUT2D eigenvalue weighted by molar-refractivity contribution is 5.66. The maximum absolute atomic E-state index is 15.0. The molecule has 4 atom stereocenters. The van der Waals surface area contributed by atoms with E-state index in [-0.39, 0.29) is 47.9 Å². The summed E-state index contributed by atoms with van der Waals surface area (Å²) in [5.74, 6) is -1.35. The van der Waals surface area contributed by atoms with Crippen LogP contribution in [-0.2, 0) is 10.4 Å². The van der Waals surface area contributed by atoms with E-state index in [1.807, 2.05) is 13.0 Å². The third-order valence-electron chi connectivity index (χ3n) is 7.64. The van der Waals surface area contributed by atoms with E-state index >= 15 is 8.78 Å². The van der Waals surface area contributed by atoms with Crippen LogP contribution in [0.25, 0.3) is 16.8 Å². The summed E-state index contributed by atoms with van der Waals surface area (Å²) < 4.78 is 51.1. The monoisotopic (exact) mass is 524 g/mol. The van der Waals surface area contributed by atoms with Crippen molar-refractivity contribution in [2.75, 3.05) is 18.5 Å². The van der Waals surface area contributed by atoms with Crippen molar-refractivity contribution in [2.45, 2.75) is 43.5 Å². The second-order valence-corrected chi connectivity index (χ2v) is 10.3. The molecule has 0 bridgehead atoms. The minimum absolute atomic E-state index is 0.0327. The van der Waals surface area contributed by atoms with Crippen LogP contribution in [0.2, 0.25) is 0 Å². The van der Waals surface area contributed by atoms with Crippen molar-refractivity contribution >= 4 is 17.2 Å². The van der Waals surface area contributed by atoms with Crippen LogP contribution in [0, 0.1) is 17.6 Å². The third-order valence-corrected chi connectivity index (χ3v) is 7.64. The Balaban J connectivity index is 1.34. The van der Waals surface area contributed by atoms with Gasteiger partial charge in [0.15, 0.2) is 5.67 Å². The van der Waals surface area contributed by atoms with E-state index in [1.165, 1.54) is 10.6 Å². The summed E-state index contributed by atoms with van der Waals surface area (Å²) in [6.07, 6.45) is 5.80. The molecule has 38 heavy (non-hydrogen) atoms. The van der Waals surface area contributed by atoms with Gasteiger partial charge in [0.05, 0.1) is 54.2 Å². The third kappa shape index (κ3) is 4.20. The van der Waals surface area contributed by atoms with Gasteiger partial charge in [0.25, 0.3) is 0 Å². The fraction of sp³-hybridized carbons (Fsp3) is 0.370. The van der Waals surface area contributed by atoms with Crippen molar-refractivity contribution in [3.63, 3.8) is 0 Å². The summed E-state index contributed by atoms with van der Waals surface area (Å²) in [6.45, 7) is 1.51. The molecule has 1 aromatic carbocycles. The highest BCUT2D eigenvalue weighted by atomic mass is 19.1. The first-order valence-electron chi connectivity index (χ1n) is 12.5. The molecule has 3 aromatic heterocycles. The Hall–Kier alpha value is -3.54. The first-order chi connectivity index (χ1) is 18.2. The van der Waals surface area contributed by atoms with Crippen LogP contribution in [0.15, 0.2) is 48.9 Å². The molecule has 8 nitrogen and oxygen atoms in total. The lowest BCUT2D eigenvalue weighted by molar-refractivity contribution is -0.135. The number of anilines is 2. The van der Waals surface area contributed by atoms with Gasteiger partial charge in [-0.3, -0.25) is 4.98 Å². The molecule has 11 heteroatoms. The molecule has 0 spiro atoms. The number of benzene rings is 1. The Morgan fingerprint density at radius 1 is 1.13 bits per heavy atom. The van der Waals surface area contributed by atoms with Gasteiger partial charge in [0, 0.05) is 12.2 Å². The van der Waals surface area contributed by atoms with E-state index < -0.39 is 23.4 Å². The van der Waals surface area contributed by atoms with Gasteiger partial charge in [0.1, 0.15) is 11.6 Å². The lowest BCUT2D eigenvalue weighted by Gasteiger charge is -2.36. The molecule has 198 valence electrons. The minimum Gasteiger partial charge on any atom is -0.391 e. The van der Waals surface area contributed by atoms with Crippen molar-refractivity contribution in [3.05, 3.63) is 71.7 Å². The number of hydrogen-bond donors (Lipinski definition) is 3. The Kier molecular flexibility index (Phi) is 6.09. The van der Waals surface area contributed by atoms with Gasteiger partial charge in [-0.1, -0.05) is 6.92 Å². The molecular weight excluding hydrogens is 497 g/mol. The molecule has 0 unspecified atom stereocenters. The smallest absolute Gasteiger partial charge is 0.229 e. The fourth-order valence-electron chi connectivity index (χ4n) is 5.44. The zero-order valence-corrected chi connectivity index (χ0v) is 20.6. The van der Waals surface area contributed by atoms with Crippen molar-refractivity contribution in [3.8, 4) is 11.3 Å². The summed E-state index contributed by atoms with van der Waals surface area (Å²) in [5.41, 5.74) is 6.17. The van der Waals surface area contributed by atoms with Crippen molar-refractivity contribution in [1.29, 1.82) is 0 Å². The summed E-state index contributed by atoms with van der Waals surface area (Å²) in [7, 11) is 0. The zero-order valence-electron chi connectivity index (χ0n) is 20.6. The molecule has 6 rings (SSSR count). The fourth-order valence-corrected chi connectivity index (χ4v) is 5.44. The number of rotatable bonds is 5. The average Bonchev–Trinajstić information content (AvgIpc) is 3.27. The normalized spacial score (nSPS) is 24.8. The number of alkyl halides is 1. The highest BCUT2D eigenvalue weighted by Crippen LogP contribution is 2.40. The van der Waals surface area contributed by atoms with Gasteiger partial charge in [-0.15, -0.1) is 0 Å². The number of pyridine rings is 1. The van der Waals surface area contributed by atoms with E-state index in [4.69, 9.17) is 10.5 Å². The molecule has 1 aliphatic heterocycles. The van der Waals surface area contributed by atoms with Crippen LogP contribution < -0.4 is 11.1 Å². The van der Waals surface area contributed by atoms with Crippen molar-refractivity contribution in [2.24, 2.45) is 11.7 Å². The largest absolute Gasteiger partial charge is 0.391 e. The molecule has 1 saturated heterocycles. The number of aliphatic hydroxyl groups excluding tert-OH is 1. The summed E-state index contributed by atoms with van der Waals surface area (Å²) in [6, 6.07) is 6.71. The van der Waals surface area contributed by atoms with E-state index in [1.54, 1.807) is 24.7 Å². The Labute approximate surface area is 216 Å². The maximum Gasteiger partial charge on any atom is 0.229 e. The highest BCUT2D eigenvalue weighted by Gasteiger charge is 2.42. The van der Waals surface area contributed by atoms with Gasteiger partial charge in [0.2, 0.25) is 5.95 Å². The molecule has 2 fully saturated rings. The number of aromatic nitrogens is 4. The molecule has 4 aromatic rings. The van der Waals surface area contributed by atoms with Crippen molar-refractivity contribution < 1.29 is 23.0 Å². The van der Waals surface area contributed by atoms with Crippen LogP contribution in [0.5, 0.6) is 0 Å². The number of nitrogens with two attached hydrogens (primary N) is 1. The second-order valence-electron chi connectivity index (χ2n) is 10.3. The van der Waals surface area contributed by atoms with Crippen LogP contribution >= 0.6 is 0 Å². The predicted molar refractivity (Wildman–Crippen MR) is 135 cm³/mol. The summed E-state index contributed by atoms with van der Waals surface area (Å²) >= 11 is 0. The van der Waals surface area contributed by atoms with Crippen LogP contribution in [0.4, 0.5) is 24.8 Å². The number of ether oxygens (including phenoxy) is 1. The zero-order chi connectivity index (χ0) is 26.6. The molecule has 4 N–H and O–H groups in total. The first-order valence-corrected chi connectivity index (χ1v) is 12.5. The Morgan fingerprint density at radius 2 is 1.89 bits per heavy atom. The number of fused-ring (bicyclic) bond motifs is 1. The predicted octanol–water partition coefficient (Wildman–Crippen LogP) is 4.21. The standard InChI is InChI=1S/C27H27F3N6O2/c1-14-6-15(7-21(31)25(14)37)18-4-5-32-11-23(18)34-26-33-10-17-2-3-22(35-36(17)26)24-19(28)8-16(9-20(24)29)27(30)12-38-13-27/h2-5,8-11,14-15,21,25,37H,6-7,12-13,31H2,1H3,(H,33,34)/t14-,15+,21+,25+/m0/s1. The Bertz CT molecular complexity index is 1470. The van der Waals surface area contributed by atoms with E-state index in [9.17, 15) is 9.50 Å². The first kappa shape index (κ1) is 24.8. The van der Waals surface area contributed by atoms with Gasteiger partial charge in [-0.05, 0) is 66.1 Å². The molecular formula is C27H27F3N6O2. The number of aliphatic hydroxyl groups is 1. The molecule has 0 radical (unpaired) electrons. The average molecular weight is 525 g/mol. The van der Waals surface area contributed by atoms with Crippen LogP contribution in [0.3, 0.4) is 0 Å². The van der Waals surface area contributed by atoms with Gasteiger partial charge in [-0.2, -0.15) is 9.61 Å². The van der Waals surface area contributed by atoms with Crippen LogP contribution in [-0.4, -0.2) is 50.0 Å². The SMILES string of the molecule is C[C@H]1C[C@@H](c2ccncc2Nc2ncc3ccc(-c4c(F)cc(C5(F)COC5)cc4F)nn23)C[C@@H](N)[C@@H]1O. The number of hydrogen-bond acceptors (Lipinski definition) is 7. The molecule has 1 saturated carbocycles. The lowest BCUT2D eigenvalue weighted by Crippen LogP contribution is -2.44. The van der Waals surface area contributed by atoms with E-state index in [2.05, 4.69) is 20.4 Å². The van der Waals surface area contributed by atoms with Gasteiger partial charge < -0.3 is 20.9 Å². The lowest BCUT2D eigenvalue weighted by atomic mass is 9.74. The molecule has 4 heterocycles. The van der Waals surface area contributed by atoms with Crippen LogP contribution in [0.1, 0.15) is 36.8 Å². The maximum atomic E-state index is 15.0. The minimum atomic E-state index is -1.89. The molecule has 0 amide bonds. The number of imidazole rings is 1. The van der Waals surface area contributed by atoms with E-state index in [0.717, 1.165) is 24.1 Å². The summed E-state index contributed by atoms with van der Waals surface area (Å²) in [4.78, 5) is 8.65. The topological polar surface area (TPSA) is 111 Å². The van der Waals surface area contributed by atoms with Crippen molar-refractivity contribution in [1.82, 2.24) is 19.6 Å². The number of nitrogens with zero attached hydrogens (tertiary/aromatic N) is 4. The molecule has 1 aliphatic carbocycles. The van der Waals surface area contributed by atoms with Gasteiger partial charge in [-0.25, -0.2) is 18.2 Å². The Morgan fingerprint density at radius 3 is 2.58 bits per heavy atom. The quantitative estimate of drug-likeness (QED) is 0.359.